The van der Waals surface area contributed by atoms with Crippen LogP contribution in [0.1, 0.15) is 36.1 Å². The van der Waals surface area contributed by atoms with Crippen molar-refractivity contribution in [3.63, 3.8) is 0 Å². The van der Waals surface area contributed by atoms with Crippen LogP contribution in [0.4, 0.5) is 5.69 Å². The lowest BCUT2D eigenvalue weighted by Crippen LogP contribution is -2.26. The summed E-state index contributed by atoms with van der Waals surface area (Å²) in [5, 5.41) is 13.7. The number of hydrogen-bond acceptors (Lipinski definition) is 4. The maximum absolute atomic E-state index is 12.4. The lowest BCUT2D eigenvalue weighted by molar-refractivity contribution is -0.119. The van der Waals surface area contributed by atoms with Crippen molar-refractivity contribution in [1.29, 1.82) is 0 Å². The molecule has 0 bridgehead atoms. The Morgan fingerprint density at radius 1 is 1.35 bits per heavy atom. The Morgan fingerprint density at radius 3 is 2.57 bits per heavy atom. The van der Waals surface area contributed by atoms with Crippen molar-refractivity contribution in [2.75, 3.05) is 12.4 Å². The Hall–Kier alpha value is -2.16. The Kier molecular flexibility index (Phi) is 5.19. The van der Waals surface area contributed by atoms with Gasteiger partial charge < -0.3 is 10.6 Å². The van der Waals surface area contributed by atoms with Gasteiger partial charge in [0.15, 0.2) is 5.69 Å². The van der Waals surface area contributed by atoms with E-state index in [0.29, 0.717) is 12.2 Å². The highest BCUT2D eigenvalue weighted by molar-refractivity contribution is 9.10. The molecule has 9 heteroatoms. The number of hydrogen-bond donors (Lipinski definition) is 2. The molecule has 0 radical (unpaired) electrons. The van der Waals surface area contributed by atoms with Crippen molar-refractivity contribution < 1.29 is 9.59 Å². The van der Waals surface area contributed by atoms with Gasteiger partial charge in [0.1, 0.15) is 6.04 Å². The third-order valence-electron chi connectivity index (χ3n) is 3.42. The van der Waals surface area contributed by atoms with Crippen LogP contribution in [-0.2, 0) is 11.3 Å². The van der Waals surface area contributed by atoms with E-state index in [1.165, 1.54) is 7.05 Å². The summed E-state index contributed by atoms with van der Waals surface area (Å²) in [7, 11) is 1.52. The fraction of sp³-hybridized carbons (Fsp3) is 0.429. The first-order chi connectivity index (χ1) is 10.9. The number of nitrogens with one attached hydrogen (secondary N) is 2. The van der Waals surface area contributed by atoms with Crippen LogP contribution in [0.2, 0.25) is 0 Å². The molecule has 2 N–H and O–H groups in total. The Bertz CT molecular complexity index is 716. The van der Waals surface area contributed by atoms with Gasteiger partial charge in [0.25, 0.3) is 5.91 Å². The molecule has 0 aromatic carbocycles. The Balaban J connectivity index is 2.22. The zero-order chi connectivity index (χ0) is 17.1. The van der Waals surface area contributed by atoms with Gasteiger partial charge in [-0.1, -0.05) is 0 Å². The fourth-order valence-corrected chi connectivity index (χ4v) is 2.27. The summed E-state index contributed by atoms with van der Waals surface area (Å²) in [6, 6.07) is -0.525. The van der Waals surface area contributed by atoms with Crippen LogP contribution in [-0.4, -0.2) is 38.4 Å². The normalized spacial score (nSPS) is 12.0. The van der Waals surface area contributed by atoms with Gasteiger partial charge in [-0.3, -0.25) is 19.0 Å². The second-order valence-corrected chi connectivity index (χ2v) is 5.89. The number of anilines is 1. The van der Waals surface area contributed by atoms with Gasteiger partial charge in [-0.05, 0) is 36.7 Å². The molecule has 0 fully saturated rings. The summed E-state index contributed by atoms with van der Waals surface area (Å²) in [5.41, 5.74) is 1.37. The first-order valence-corrected chi connectivity index (χ1v) is 7.98. The maximum Gasteiger partial charge on any atom is 0.273 e. The molecule has 0 aliphatic carbocycles. The summed E-state index contributed by atoms with van der Waals surface area (Å²) in [5.74, 6) is -0.626. The smallest absolute Gasteiger partial charge is 0.273 e. The average molecular weight is 383 g/mol. The van der Waals surface area contributed by atoms with E-state index < -0.39 is 6.04 Å². The van der Waals surface area contributed by atoms with Gasteiger partial charge in [-0.25, -0.2) is 0 Å². The van der Waals surface area contributed by atoms with Crippen molar-refractivity contribution in [2.24, 2.45) is 0 Å². The molecule has 1 atom stereocenters. The van der Waals surface area contributed by atoms with E-state index in [4.69, 9.17) is 0 Å². The zero-order valence-corrected chi connectivity index (χ0v) is 15.0. The van der Waals surface area contributed by atoms with Crippen LogP contribution in [0.25, 0.3) is 0 Å². The highest BCUT2D eigenvalue weighted by Gasteiger charge is 2.22. The van der Waals surface area contributed by atoms with Crippen molar-refractivity contribution in [1.82, 2.24) is 24.9 Å². The predicted molar refractivity (Wildman–Crippen MR) is 89.3 cm³/mol. The summed E-state index contributed by atoms with van der Waals surface area (Å²) in [4.78, 5) is 24.3. The molecule has 8 nitrogen and oxygen atoms in total. The average Bonchev–Trinajstić information content (AvgIpc) is 3.09. The molecule has 2 aromatic rings. The van der Waals surface area contributed by atoms with Gasteiger partial charge in [0, 0.05) is 26.0 Å². The van der Waals surface area contributed by atoms with E-state index >= 15 is 0 Å². The molecular weight excluding hydrogens is 364 g/mol. The minimum atomic E-state index is -0.525. The number of aryl methyl sites for hydroxylation is 2. The quantitative estimate of drug-likeness (QED) is 0.822. The summed E-state index contributed by atoms with van der Waals surface area (Å²) in [6.07, 6.45) is 3.38. The van der Waals surface area contributed by atoms with Gasteiger partial charge in [0.2, 0.25) is 5.91 Å². The van der Waals surface area contributed by atoms with Crippen LogP contribution >= 0.6 is 15.9 Å². The number of halogens is 1. The SMILES string of the molecule is CCn1cc(NC(=O)C(C)n2cc(Br)c(C)n2)c(C(=O)NC)n1. The van der Waals surface area contributed by atoms with E-state index in [1.54, 1.807) is 28.7 Å². The van der Waals surface area contributed by atoms with Gasteiger partial charge >= 0.3 is 0 Å². The first kappa shape index (κ1) is 17.2. The summed E-state index contributed by atoms with van der Waals surface area (Å²) in [6.45, 7) is 6.08. The first-order valence-electron chi connectivity index (χ1n) is 7.19. The molecule has 0 spiro atoms. The maximum atomic E-state index is 12.4. The van der Waals surface area contributed by atoms with Crippen molar-refractivity contribution in [2.45, 2.75) is 33.4 Å². The molecule has 124 valence electrons. The molecule has 0 saturated heterocycles. The monoisotopic (exact) mass is 382 g/mol. The third-order valence-corrected chi connectivity index (χ3v) is 4.20. The van der Waals surface area contributed by atoms with Crippen LogP contribution in [0.15, 0.2) is 16.9 Å². The van der Waals surface area contributed by atoms with Crippen LogP contribution < -0.4 is 10.6 Å². The molecule has 2 amide bonds. The van der Waals surface area contributed by atoms with Crippen LogP contribution in [0.5, 0.6) is 0 Å². The fourth-order valence-electron chi connectivity index (χ4n) is 1.98. The lowest BCUT2D eigenvalue weighted by Gasteiger charge is -2.12. The van der Waals surface area contributed by atoms with E-state index in [-0.39, 0.29) is 17.5 Å². The summed E-state index contributed by atoms with van der Waals surface area (Å²) < 4.78 is 4.00. The number of carbonyl (C=O) groups is 2. The highest BCUT2D eigenvalue weighted by Crippen LogP contribution is 2.19. The van der Waals surface area contributed by atoms with E-state index in [0.717, 1.165) is 10.2 Å². The number of amides is 2. The van der Waals surface area contributed by atoms with Crippen molar-refractivity contribution >= 4 is 33.4 Å². The number of carbonyl (C=O) groups excluding carboxylic acids is 2. The minimum Gasteiger partial charge on any atom is -0.354 e. The van der Waals surface area contributed by atoms with E-state index in [1.807, 2.05) is 13.8 Å². The van der Waals surface area contributed by atoms with E-state index in [2.05, 4.69) is 36.8 Å². The molecule has 2 rings (SSSR count). The largest absolute Gasteiger partial charge is 0.354 e. The minimum absolute atomic E-state index is 0.188. The number of aromatic nitrogens is 4. The molecule has 0 saturated carbocycles. The molecule has 23 heavy (non-hydrogen) atoms. The second kappa shape index (κ2) is 6.95. The van der Waals surface area contributed by atoms with Crippen LogP contribution in [0, 0.1) is 6.92 Å². The third kappa shape index (κ3) is 3.61. The second-order valence-electron chi connectivity index (χ2n) is 5.03. The van der Waals surface area contributed by atoms with Gasteiger partial charge in [-0.15, -0.1) is 0 Å². The standard InChI is InChI=1S/C14H19BrN6O2/c1-5-20-7-11(12(19-20)14(23)16-4)17-13(22)9(3)21-6-10(15)8(2)18-21/h6-7,9H,5H2,1-4H3,(H,16,23)(H,17,22). The highest BCUT2D eigenvalue weighted by atomic mass is 79.9. The zero-order valence-electron chi connectivity index (χ0n) is 13.4. The Labute approximate surface area is 142 Å². The van der Waals surface area contributed by atoms with Crippen molar-refractivity contribution in [3.8, 4) is 0 Å². The van der Waals surface area contributed by atoms with Gasteiger partial charge in [-0.2, -0.15) is 10.2 Å². The lowest BCUT2D eigenvalue weighted by atomic mass is 10.3. The summed E-state index contributed by atoms with van der Waals surface area (Å²) >= 11 is 3.37. The molecular formula is C14H19BrN6O2. The molecule has 0 aliphatic heterocycles. The molecule has 1 unspecified atom stereocenters. The molecule has 2 heterocycles. The molecule has 0 aliphatic rings. The number of rotatable bonds is 5. The molecule has 2 aromatic heterocycles. The topological polar surface area (TPSA) is 93.8 Å². The van der Waals surface area contributed by atoms with Crippen LogP contribution in [0.3, 0.4) is 0 Å². The van der Waals surface area contributed by atoms with Gasteiger partial charge in [0.05, 0.1) is 15.9 Å². The Morgan fingerprint density at radius 2 is 2.04 bits per heavy atom. The van der Waals surface area contributed by atoms with E-state index in [9.17, 15) is 9.59 Å². The van der Waals surface area contributed by atoms with Crippen molar-refractivity contribution in [3.05, 3.63) is 28.3 Å². The predicted octanol–water partition coefficient (Wildman–Crippen LogP) is 1.73. The number of nitrogens with zero attached hydrogens (tertiary/aromatic N) is 4.